The summed E-state index contributed by atoms with van der Waals surface area (Å²) < 4.78 is 5.83. The van der Waals surface area contributed by atoms with Gasteiger partial charge in [0.25, 0.3) is 0 Å². The number of hydrogen-bond donors (Lipinski definition) is 1. The van der Waals surface area contributed by atoms with Crippen molar-refractivity contribution in [3.63, 3.8) is 0 Å². The van der Waals surface area contributed by atoms with Crippen LogP contribution in [-0.2, 0) is 6.61 Å². The first-order valence-corrected chi connectivity index (χ1v) is 6.85. The van der Waals surface area contributed by atoms with Crippen LogP contribution in [0.2, 0.25) is 0 Å². The first kappa shape index (κ1) is 12.2. The molecule has 0 heterocycles. The summed E-state index contributed by atoms with van der Waals surface area (Å²) in [4.78, 5) is 0. The lowest BCUT2D eigenvalue weighted by molar-refractivity contribution is 0.305. The van der Waals surface area contributed by atoms with Crippen molar-refractivity contribution in [3.8, 4) is 5.75 Å². The molecule has 2 nitrogen and oxygen atoms in total. The molecule has 1 saturated carbocycles. The maximum absolute atomic E-state index is 6.22. The Morgan fingerprint density at radius 3 is 2.58 bits per heavy atom. The van der Waals surface area contributed by atoms with Crippen molar-refractivity contribution >= 4 is 0 Å². The van der Waals surface area contributed by atoms with E-state index in [1.54, 1.807) is 0 Å². The van der Waals surface area contributed by atoms with Crippen LogP contribution in [0.3, 0.4) is 0 Å². The minimum atomic E-state index is 0.167. The fourth-order valence-electron chi connectivity index (χ4n) is 2.28. The molecule has 0 amide bonds. The van der Waals surface area contributed by atoms with Crippen LogP contribution in [0.5, 0.6) is 5.75 Å². The van der Waals surface area contributed by atoms with E-state index in [1.807, 2.05) is 30.3 Å². The van der Waals surface area contributed by atoms with E-state index in [2.05, 4.69) is 24.3 Å². The summed E-state index contributed by atoms with van der Waals surface area (Å²) in [5.41, 5.74) is 8.59. The molecular weight excluding hydrogens is 234 g/mol. The predicted octanol–water partition coefficient (Wildman–Crippen LogP) is 3.68. The molecule has 0 spiro atoms. The van der Waals surface area contributed by atoms with Gasteiger partial charge in [-0.1, -0.05) is 42.5 Å². The Bertz CT molecular complexity index is 534. The SMILES string of the molecule is NC(c1cccc(OCc2ccccc2)c1)C1CC1. The molecule has 1 aliphatic carbocycles. The van der Waals surface area contributed by atoms with Gasteiger partial charge in [0.15, 0.2) is 0 Å². The fourth-order valence-corrected chi connectivity index (χ4v) is 2.28. The molecule has 0 bridgehead atoms. The molecule has 0 aromatic heterocycles. The first-order chi connectivity index (χ1) is 9.33. The van der Waals surface area contributed by atoms with Gasteiger partial charge in [-0.3, -0.25) is 0 Å². The minimum absolute atomic E-state index is 0.167. The van der Waals surface area contributed by atoms with Gasteiger partial charge in [0.1, 0.15) is 12.4 Å². The predicted molar refractivity (Wildman–Crippen MR) is 76.9 cm³/mol. The minimum Gasteiger partial charge on any atom is -0.489 e. The molecule has 19 heavy (non-hydrogen) atoms. The second-order valence-corrected chi connectivity index (χ2v) is 5.21. The van der Waals surface area contributed by atoms with Crippen molar-refractivity contribution in [1.29, 1.82) is 0 Å². The zero-order valence-corrected chi connectivity index (χ0v) is 11.0. The molecule has 2 heteroatoms. The normalized spacial score (nSPS) is 16.1. The number of benzene rings is 2. The van der Waals surface area contributed by atoms with Gasteiger partial charge < -0.3 is 10.5 Å². The van der Waals surface area contributed by atoms with Gasteiger partial charge >= 0.3 is 0 Å². The second kappa shape index (κ2) is 5.45. The van der Waals surface area contributed by atoms with Crippen molar-refractivity contribution in [1.82, 2.24) is 0 Å². The third-order valence-corrected chi connectivity index (χ3v) is 3.62. The van der Waals surface area contributed by atoms with E-state index in [4.69, 9.17) is 10.5 Å². The standard InChI is InChI=1S/C17H19NO/c18-17(14-9-10-14)15-7-4-8-16(11-15)19-12-13-5-2-1-3-6-13/h1-8,11,14,17H,9-10,12,18H2. The molecule has 2 aromatic carbocycles. The summed E-state index contributed by atoms with van der Waals surface area (Å²) in [5, 5.41) is 0. The smallest absolute Gasteiger partial charge is 0.120 e. The van der Waals surface area contributed by atoms with Crippen LogP contribution in [-0.4, -0.2) is 0 Å². The quantitative estimate of drug-likeness (QED) is 0.882. The van der Waals surface area contributed by atoms with Crippen LogP contribution >= 0.6 is 0 Å². The highest BCUT2D eigenvalue weighted by molar-refractivity contribution is 5.31. The van der Waals surface area contributed by atoms with E-state index in [0.29, 0.717) is 12.5 Å². The lowest BCUT2D eigenvalue weighted by Crippen LogP contribution is -2.12. The molecular formula is C17H19NO. The van der Waals surface area contributed by atoms with Crippen molar-refractivity contribution in [3.05, 3.63) is 65.7 Å². The summed E-state index contributed by atoms with van der Waals surface area (Å²) >= 11 is 0. The zero-order valence-electron chi connectivity index (χ0n) is 11.0. The Labute approximate surface area is 114 Å². The monoisotopic (exact) mass is 253 g/mol. The highest BCUT2D eigenvalue weighted by atomic mass is 16.5. The van der Waals surface area contributed by atoms with Crippen LogP contribution in [0, 0.1) is 5.92 Å². The van der Waals surface area contributed by atoms with E-state index in [9.17, 15) is 0 Å². The molecule has 1 fully saturated rings. The second-order valence-electron chi connectivity index (χ2n) is 5.21. The van der Waals surface area contributed by atoms with Gasteiger partial charge in [0.2, 0.25) is 0 Å². The number of nitrogens with two attached hydrogens (primary N) is 1. The lowest BCUT2D eigenvalue weighted by Gasteiger charge is -2.13. The molecule has 2 N–H and O–H groups in total. The molecule has 0 aliphatic heterocycles. The van der Waals surface area contributed by atoms with Crippen LogP contribution in [0.25, 0.3) is 0 Å². The Balaban J connectivity index is 1.66. The van der Waals surface area contributed by atoms with Crippen molar-refractivity contribution in [2.75, 3.05) is 0 Å². The maximum Gasteiger partial charge on any atom is 0.120 e. The molecule has 1 atom stereocenters. The van der Waals surface area contributed by atoms with Crippen molar-refractivity contribution < 1.29 is 4.74 Å². The molecule has 0 radical (unpaired) electrons. The average molecular weight is 253 g/mol. The average Bonchev–Trinajstić information content (AvgIpc) is 3.30. The highest BCUT2D eigenvalue weighted by Gasteiger charge is 2.29. The molecule has 1 unspecified atom stereocenters. The summed E-state index contributed by atoms with van der Waals surface area (Å²) in [5.74, 6) is 1.57. The van der Waals surface area contributed by atoms with E-state index in [0.717, 1.165) is 5.75 Å². The van der Waals surface area contributed by atoms with Crippen molar-refractivity contribution in [2.24, 2.45) is 11.7 Å². The molecule has 98 valence electrons. The summed E-state index contributed by atoms with van der Waals surface area (Å²) in [6.45, 7) is 0.600. The van der Waals surface area contributed by atoms with Crippen LogP contribution < -0.4 is 10.5 Å². The fraction of sp³-hybridized carbons (Fsp3) is 0.294. The number of hydrogen-bond acceptors (Lipinski definition) is 2. The van der Waals surface area contributed by atoms with Gasteiger partial charge in [-0.05, 0) is 42.0 Å². The third-order valence-electron chi connectivity index (χ3n) is 3.62. The van der Waals surface area contributed by atoms with Gasteiger partial charge in [0, 0.05) is 6.04 Å². The van der Waals surface area contributed by atoms with Gasteiger partial charge in [-0.25, -0.2) is 0 Å². The Morgan fingerprint density at radius 1 is 1.05 bits per heavy atom. The third kappa shape index (κ3) is 3.15. The van der Waals surface area contributed by atoms with E-state index < -0.39 is 0 Å². The Kier molecular flexibility index (Phi) is 3.51. The molecule has 0 saturated heterocycles. The van der Waals surface area contributed by atoms with E-state index in [-0.39, 0.29) is 6.04 Å². The van der Waals surface area contributed by atoms with Crippen LogP contribution in [0.1, 0.15) is 30.0 Å². The van der Waals surface area contributed by atoms with Crippen LogP contribution in [0.15, 0.2) is 54.6 Å². The van der Waals surface area contributed by atoms with Crippen LogP contribution in [0.4, 0.5) is 0 Å². The molecule has 1 aliphatic rings. The lowest BCUT2D eigenvalue weighted by atomic mass is 10.0. The van der Waals surface area contributed by atoms with Gasteiger partial charge in [0.05, 0.1) is 0 Å². The largest absolute Gasteiger partial charge is 0.489 e. The molecule has 2 aromatic rings. The summed E-state index contributed by atoms with van der Waals surface area (Å²) in [7, 11) is 0. The van der Waals surface area contributed by atoms with Crippen molar-refractivity contribution in [2.45, 2.75) is 25.5 Å². The summed E-state index contributed by atoms with van der Waals surface area (Å²) in [6.07, 6.45) is 2.52. The Hall–Kier alpha value is -1.80. The van der Waals surface area contributed by atoms with Gasteiger partial charge in [-0.15, -0.1) is 0 Å². The molecule has 3 rings (SSSR count). The summed E-state index contributed by atoms with van der Waals surface area (Å²) in [6, 6.07) is 18.6. The first-order valence-electron chi connectivity index (χ1n) is 6.85. The van der Waals surface area contributed by atoms with E-state index >= 15 is 0 Å². The zero-order chi connectivity index (χ0) is 13.1. The number of ether oxygens (including phenoxy) is 1. The number of rotatable bonds is 5. The maximum atomic E-state index is 6.22. The van der Waals surface area contributed by atoms with E-state index in [1.165, 1.54) is 24.0 Å². The Morgan fingerprint density at radius 2 is 1.84 bits per heavy atom. The van der Waals surface area contributed by atoms with Gasteiger partial charge in [-0.2, -0.15) is 0 Å². The highest BCUT2D eigenvalue weighted by Crippen LogP contribution is 2.39. The topological polar surface area (TPSA) is 35.2 Å².